The normalized spacial score (nSPS) is 11.7. The molecule has 0 amide bonds. The zero-order chi connectivity index (χ0) is 28.3. The van der Waals surface area contributed by atoms with E-state index in [2.05, 4.69) is 10.1 Å². The number of benzene rings is 2. The zero-order valence-electron chi connectivity index (χ0n) is 20.9. The van der Waals surface area contributed by atoms with E-state index < -0.39 is 23.6 Å². The molecule has 4 rings (SSSR count). The molecule has 0 spiro atoms. The highest BCUT2D eigenvalue weighted by atomic mass is 35.5. The lowest BCUT2D eigenvalue weighted by molar-refractivity contribution is -0.142. The highest BCUT2D eigenvalue weighted by molar-refractivity contribution is 6.36. The van der Waals surface area contributed by atoms with E-state index in [1.165, 1.54) is 30.3 Å². The summed E-state index contributed by atoms with van der Waals surface area (Å²) in [5.41, 5.74) is 0.904. The smallest absolute Gasteiger partial charge is 0.437 e. The lowest BCUT2D eigenvalue weighted by atomic mass is 9.96. The number of carboxylic acid groups (broad SMARTS) is 1. The fourth-order valence-corrected chi connectivity index (χ4v) is 4.60. The topological polar surface area (TPSA) is 85.5 Å². The van der Waals surface area contributed by atoms with Crippen molar-refractivity contribution in [3.05, 3.63) is 104 Å². The van der Waals surface area contributed by atoms with Gasteiger partial charge in [0.2, 0.25) is 0 Å². The predicted octanol–water partition coefficient (Wildman–Crippen LogP) is 8.39. The van der Waals surface area contributed by atoms with Gasteiger partial charge in [-0.2, -0.15) is 13.2 Å². The fraction of sp³-hybridized carbons (Fsp3) is 0.250. The van der Waals surface area contributed by atoms with Gasteiger partial charge >= 0.3 is 12.1 Å². The zero-order valence-corrected chi connectivity index (χ0v) is 22.4. The highest BCUT2D eigenvalue weighted by Gasteiger charge is 2.37. The number of halogens is 5. The molecule has 4 aromatic rings. The number of carboxylic acids is 1. The third kappa shape index (κ3) is 6.72. The van der Waals surface area contributed by atoms with E-state index in [-0.39, 0.29) is 29.3 Å². The summed E-state index contributed by atoms with van der Waals surface area (Å²) in [5.74, 6) is -1.20. The Morgan fingerprint density at radius 3 is 2.36 bits per heavy atom. The second-order valence-electron chi connectivity index (χ2n) is 9.09. The first-order valence-electron chi connectivity index (χ1n) is 11.9. The summed E-state index contributed by atoms with van der Waals surface area (Å²) in [4.78, 5) is 15.1. The summed E-state index contributed by atoms with van der Waals surface area (Å²) in [5, 5.41) is 14.3. The molecule has 6 nitrogen and oxygen atoms in total. The maximum Gasteiger partial charge on any atom is 0.437 e. The average molecular weight is 579 g/mol. The average Bonchev–Trinajstić information content (AvgIpc) is 3.28. The number of aromatic nitrogens is 2. The number of ether oxygens (including phenoxy) is 1. The second-order valence-corrected chi connectivity index (χ2v) is 9.90. The van der Waals surface area contributed by atoms with Gasteiger partial charge in [0, 0.05) is 33.6 Å². The number of nitrogens with zero attached hydrogens (tertiary/aromatic N) is 2. The Balaban J connectivity index is 1.61. The van der Waals surface area contributed by atoms with Crippen molar-refractivity contribution in [3.8, 4) is 11.5 Å². The molecule has 0 fully saturated rings. The van der Waals surface area contributed by atoms with E-state index >= 15 is 0 Å². The molecular formula is C28H23Cl2F3N2O4. The third-order valence-electron chi connectivity index (χ3n) is 5.95. The molecule has 39 heavy (non-hydrogen) atoms. The van der Waals surface area contributed by atoms with Crippen molar-refractivity contribution in [1.82, 2.24) is 10.1 Å². The predicted molar refractivity (Wildman–Crippen MR) is 140 cm³/mol. The number of alkyl halides is 3. The largest absolute Gasteiger partial charge is 0.478 e. The Kier molecular flexibility index (Phi) is 8.51. The molecular weight excluding hydrogens is 556 g/mol. The van der Waals surface area contributed by atoms with Gasteiger partial charge in [-0.25, -0.2) is 9.78 Å². The Morgan fingerprint density at radius 2 is 1.72 bits per heavy atom. The van der Waals surface area contributed by atoms with Crippen LogP contribution in [0.25, 0.3) is 0 Å². The van der Waals surface area contributed by atoms with Crippen LogP contribution in [0.3, 0.4) is 0 Å². The van der Waals surface area contributed by atoms with Crippen molar-refractivity contribution in [2.45, 2.75) is 45.2 Å². The Hall–Kier alpha value is -3.56. The van der Waals surface area contributed by atoms with E-state index in [0.29, 0.717) is 39.9 Å². The number of hydrogen-bond acceptors (Lipinski definition) is 5. The minimum absolute atomic E-state index is 0.0148. The van der Waals surface area contributed by atoms with Crippen molar-refractivity contribution in [2.75, 3.05) is 0 Å². The van der Waals surface area contributed by atoms with Gasteiger partial charge < -0.3 is 14.4 Å². The summed E-state index contributed by atoms with van der Waals surface area (Å²) in [7, 11) is 0. The number of aryl methyl sites for hydroxylation is 1. The van der Waals surface area contributed by atoms with Crippen LogP contribution < -0.4 is 4.74 Å². The van der Waals surface area contributed by atoms with E-state index in [4.69, 9.17) is 37.6 Å². The number of rotatable bonds is 9. The molecule has 0 unspecified atom stereocenters. The van der Waals surface area contributed by atoms with E-state index in [1.807, 2.05) is 13.8 Å². The molecule has 1 N–H and O–H groups in total. The molecule has 2 aromatic heterocycles. The van der Waals surface area contributed by atoms with Crippen LogP contribution in [0.15, 0.2) is 59.1 Å². The maximum atomic E-state index is 13.9. The van der Waals surface area contributed by atoms with Crippen LogP contribution in [0.5, 0.6) is 11.5 Å². The van der Waals surface area contributed by atoms with Crippen molar-refractivity contribution in [3.63, 3.8) is 0 Å². The minimum Gasteiger partial charge on any atom is -0.478 e. The standard InChI is InChI=1S/C28H23Cl2F3N2O4/c1-15(2)25-19(23(35-39-25)14-20-21(29)7-4-8-22(20)30)11-9-17-10-12-24(26(34-17)28(31,32)33)38-18-6-3-5-16(13-18)27(36)37/h3-8,10,12-13,15H,9,11,14H2,1-2H3,(H,36,37). The van der Waals surface area contributed by atoms with Crippen LogP contribution in [-0.4, -0.2) is 21.2 Å². The molecule has 0 bridgehead atoms. The van der Waals surface area contributed by atoms with Crippen molar-refractivity contribution < 1.29 is 32.3 Å². The van der Waals surface area contributed by atoms with Gasteiger partial charge in [-0.1, -0.05) is 54.3 Å². The molecule has 0 radical (unpaired) electrons. The first-order valence-corrected chi connectivity index (χ1v) is 12.7. The van der Waals surface area contributed by atoms with Crippen LogP contribution in [0.1, 0.15) is 64.1 Å². The quantitative estimate of drug-likeness (QED) is 0.214. The third-order valence-corrected chi connectivity index (χ3v) is 6.66. The Bertz CT molecular complexity index is 1480. The van der Waals surface area contributed by atoms with Gasteiger partial charge in [-0.15, -0.1) is 0 Å². The lowest BCUT2D eigenvalue weighted by Crippen LogP contribution is -2.12. The van der Waals surface area contributed by atoms with Gasteiger partial charge in [0.15, 0.2) is 11.4 Å². The van der Waals surface area contributed by atoms with E-state index in [0.717, 1.165) is 11.6 Å². The summed E-state index contributed by atoms with van der Waals surface area (Å²) < 4.78 is 52.7. The molecule has 0 aliphatic rings. The van der Waals surface area contributed by atoms with Crippen molar-refractivity contribution in [1.29, 1.82) is 0 Å². The summed E-state index contributed by atoms with van der Waals surface area (Å²) in [6, 6.07) is 13.0. The van der Waals surface area contributed by atoms with Crippen molar-refractivity contribution >= 4 is 29.2 Å². The number of aromatic carboxylic acids is 1. The number of carbonyl (C=O) groups is 1. The SMILES string of the molecule is CC(C)c1onc(Cc2c(Cl)cccc2Cl)c1CCc1ccc(Oc2cccc(C(=O)O)c2)c(C(F)(F)F)n1. The maximum absolute atomic E-state index is 13.9. The van der Waals surface area contributed by atoms with Crippen LogP contribution >= 0.6 is 23.2 Å². The van der Waals surface area contributed by atoms with E-state index in [9.17, 15) is 18.0 Å². The Labute approximate surface area is 232 Å². The van der Waals surface area contributed by atoms with Gasteiger partial charge in [-0.3, -0.25) is 0 Å². The highest BCUT2D eigenvalue weighted by Crippen LogP contribution is 2.37. The summed E-state index contributed by atoms with van der Waals surface area (Å²) >= 11 is 12.7. The molecule has 2 aromatic carbocycles. The molecule has 0 atom stereocenters. The fourth-order valence-electron chi connectivity index (χ4n) is 4.07. The molecule has 0 saturated carbocycles. The van der Waals surface area contributed by atoms with Gasteiger partial charge in [-0.05, 0) is 60.9 Å². The van der Waals surface area contributed by atoms with E-state index in [1.54, 1.807) is 18.2 Å². The van der Waals surface area contributed by atoms with Crippen LogP contribution in [0.4, 0.5) is 13.2 Å². The number of pyridine rings is 1. The lowest BCUT2D eigenvalue weighted by Gasteiger charge is -2.15. The monoisotopic (exact) mass is 578 g/mol. The second kappa shape index (κ2) is 11.7. The molecule has 11 heteroatoms. The molecule has 2 heterocycles. The van der Waals surface area contributed by atoms with Crippen molar-refractivity contribution in [2.24, 2.45) is 0 Å². The molecule has 0 aliphatic carbocycles. The summed E-state index contributed by atoms with van der Waals surface area (Å²) in [6.07, 6.45) is -4.02. The van der Waals surface area contributed by atoms with Gasteiger partial charge in [0.25, 0.3) is 0 Å². The van der Waals surface area contributed by atoms with Crippen LogP contribution in [0.2, 0.25) is 10.0 Å². The molecule has 0 saturated heterocycles. The minimum atomic E-state index is -4.80. The van der Waals surface area contributed by atoms with Crippen LogP contribution in [-0.2, 0) is 25.4 Å². The number of hydrogen-bond donors (Lipinski definition) is 1. The summed E-state index contributed by atoms with van der Waals surface area (Å²) in [6.45, 7) is 3.86. The molecule has 204 valence electrons. The van der Waals surface area contributed by atoms with Gasteiger partial charge in [0.05, 0.1) is 11.3 Å². The first kappa shape index (κ1) is 28.4. The molecule has 0 aliphatic heterocycles. The van der Waals surface area contributed by atoms with Crippen LogP contribution in [0, 0.1) is 0 Å². The van der Waals surface area contributed by atoms with Gasteiger partial charge in [0.1, 0.15) is 11.5 Å². The Morgan fingerprint density at radius 1 is 1.03 bits per heavy atom. The first-order chi connectivity index (χ1) is 18.4.